The van der Waals surface area contributed by atoms with Gasteiger partial charge in [-0.05, 0) is 23.9 Å². The molecule has 0 saturated heterocycles. The Morgan fingerprint density at radius 1 is 1.37 bits per heavy atom. The highest BCUT2D eigenvalue weighted by molar-refractivity contribution is 8.00. The number of methoxy groups -OCH3 is 2. The van der Waals surface area contributed by atoms with Gasteiger partial charge in [0.25, 0.3) is 0 Å². The zero-order valence-electron chi connectivity index (χ0n) is 9.87. The molecule has 0 unspecified atom stereocenters. The summed E-state index contributed by atoms with van der Waals surface area (Å²) in [7, 11) is 2.23. The lowest BCUT2D eigenvalue weighted by Crippen LogP contribution is -2.09. The van der Waals surface area contributed by atoms with Crippen molar-refractivity contribution >= 4 is 17.7 Å². The molecule has 19 heavy (non-hydrogen) atoms. The summed E-state index contributed by atoms with van der Waals surface area (Å²) in [5.41, 5.74) is -5.00. The molecule has 0 bridgehead atoms. The van der Waals surface area contributed by atoms with Crippen molar-refractivity contribution in [3.63, 3.8) is 0 Å². The summed E-state index contributed by atoms with van der Waals surface area (Å²) in [6.45, 7) is 0. The third kappa shape index (κ3) is 3.79. The van der Waals surface area contributed by atoms with Gasteiger partial charge in [0.2, 0.25) is 0 Å². The Morgan fingerprint density at radius 2 is 2.00 bits per heavy atom. The summed E-state index contributed by atoms with van der Waals surface area (Å²) < 4.78 is 46.6. The van der Waals surface area contributed by atoms with Crippen LogP contribution in [-0.2, 0) is 4.74 Å². The molecule has 0 aromatic heterocycles. The first-order valence-electron chi connectivity index (χ1n) is 4.78. The molecular weight excluding hydrogens is 283 g/mol. The zero-order chi connectivity index (χ0) is 14.6. The number of nitriles is 1. The molecule has 102 valence electrons. The zero-order valence-corrected chi connectivity index (χ0v) is 10.7. The summed E-state index contributed by atoms with van der Waals surface area (Å²) in [5, 5.41) is 8.75. The van der Waals surface area contributed by atoms with Crippen LogP contribution < -0.4 is 4.74 Å². The van der Waals surface area contributed by atoms with Crippen LogP contribution in [0.5, 0.6) is 5.75 Å². The number of hydrogen-bond acceptors (Lipinski definition) is 5. The normalized spacial score (nSPS) is 10.7. The number of rotatable bonds is 3. The predicted molar refractivity (Wildman–Crippen MR) is 61.0 cm³/mol. The maximum Gasteiger partial charge on any atom is 0.446 e. The molecule has 0 atom stereocenters. The molecule has 1 aromatic rings. The van der Waals surface area contributed by atoms with Gasteiger partial charge in [0.1, 0.15) is 11.3 Å². The van der Waals surface area contributed by atoms with Crippen molar-refractivity contribution in [1.82, 2.24) is 0 Å². The van der Waals surface area contributed by atoms with E-state index in [9.17, 15) is 18.0 Å². The van der Waals surface area contributed by atoms with Crippen LogP contribution in [0.25, 0.3) is 0 Å². The molecule has 0 N–H and O–H groups in total. The van der Waals surface area contributed by atoms with E-state index >= 15 is 0 Å². The third-order valence-electron chi connectivity index (χ3n) is 2.03. The van der Waals surface area contributed by atoms with E-state index in [0.717, 1.165) is 13.2 Å². The molecule has 1 aromatic carbocycles. The molecule has 8 heteroatoms. The number of nitrogens with zero attached hydrogens (tertiary/aromatic N) is 1. The van der Waals surface area contributed by atoms with Crippen LogP contribution in [0.2, 0.25) is 0 Å². The van der Waals surface area contributed by atoms with E-state index in [0.29, 0.717) is 0 Å². The van der Waals surface area contributed by atoms with E-state index in [-0.39, 0.29) is 16.9 Å². The molecule has 0 aliphatic heterocycles. The van der Waals surface area contributed by atoms with E-state index in [2.05, 4.69) is 4.74 Å². The van der Waals surface area contributed by atoms with Gasteiger partial charge in [-0.25, -0.2) is 4.79 Å². The van der Waals surface area contributed by atoms with Gasteiger partial charge in [-0.2, -0.15) is 18.4 Å². The van der Waals surface area contributed by atoms with Crippen molar-refractivity contribution in [2.75, 3.05) is 14.2 Å². The summed E-state index contributed by atoms with van der Waals surface area (Å²) in [6, 6.07) is 3.84. The van der Waals surface area contributed by atoms with Gasteiger partial charge in [0.05, 0.1) is 25.9 Å². The van der Waals surface area contributed by atoms with Crippen LogP contribution in [0.1, 0.15) is 15.9 Å². The average molecular weight is 291 g/mol. The molecule has 0 aliphatic rings. The van der Waals surface area contributed by atoms with Crippen LogP contribution in [-0.4, -0.2) is 25.7 Å². The van der Waals surface area contributed by atoms with E-state index < -0.39 is 28.1 Å². The molecule has 4 nitrogen and oxygen atoms in total. The second kappa shape index (κ2) is 5.84. The van der Waals surface area contributed by atoms with E-state index in [1.165, 1.54) is 13.2 Å². The minimum absolute atomic E-state index is 0.0451. The Morgan fingerprint density at radius 3 is 2.42 bits per heavy atom. The summed E-state index contributed by atoms with van der Waals surface area (Å²) >= 11 is -0.502. The van der Waals surface area contributed by atoms with Crippen molar-refractivity contribution in [1.29, 1.82) is 5.26 Å². The Kier molecular flexibility index (Phi) is 4.67. The lowest BCUT2D eigenvalue weighted by atomic mass is 10.1. The molecule has 0 radical (unpaired) electrons. The van der Waals surface area contributed by atoms with Gasteiger partial charge in [-0.3, -0.25) is 0 Å². The smallest absolute Gasteiger partial charge is 0.446 e. The number of hydrogen-bond donors (Lipinski definition) is 0. The summed E-state index contributed by atoms with van der Waals surface area (Å²) in [4.78, 5) is 11.1. The Hall–Kier alpha value is -1.88. The number of carbonyl (C=O) groups is 1. The van der Waals surface area contributed by atoms with Crippen molar-refractivity contribution in [2.45, 2.75) is 10.4 Å². The van der Waals surface area contributed by atoms with Gasteiger partial charge in [0.15, 0.2) is 0 Å². The number of alkyl halides is 3. The quantitative estimate of drug-likeness (QED) is 0.633. The number of halogens is 3. The second-order valence-electron chi connectivity index (χ2n) is 3.20. The molecule has 0 amide bonds. The van der Waals surface area contributed by atoms with Gasteiger partial charge >= 0.3 is 11.5 Å². The van der Waals surface area contributed by atoms with E-state index in [1.807, 2.05) is 0 Å². The average Bonchev–Trinajstić information content (AvgIpc) is 2.34. The Bertz CT molecular complexity index is 537. The maximum atomic E-state index is 12.4. The molecule has 0 spiro atoms. The predicted octanol–water partition coefficient (Wildman–Crippen LogP) is 2.97. The first kappa shape index (κ1) is 15.2. The third-order valence-corrected chi connectivity index (χ3v) is 2.80. The van der Waals surface area contributed by atoms with Gasteiger partial charge in [-0.15, -0.1) is 0 Å². The SMILES string of the molecule is COC(=O)c1c(OC)cc(C#N)cc1SC(F)(F)F. The highest BCUT2D eigenvalue weighted by atomic mass is 32.2. The summed E-state index contributed by atoms with van der Waals surface area (Å²) in [5.74, 6) is -1.11. The van der Waals surface area contributed by atoms with Crippen molar-refractivity contribution in [2.24, 2.45) is 0 Å². The number of esters is 1. The van der Waals surface area contributed by atoms with Crippen molar-refractivity contribution in [3.05, 3.63) is 23.3 Å². The van der Waals surface area contributed by atoms with Crippen LogP contribution >= 0.6 is 11.8 Å². The van der Waals surface area contributed by atoms with Crippen LogP contribution in [0.15, 0.2) is 17.0 Å². The molecule has 1 rings (SSSR count). The lowest BCUT2D eigenvalue weighted by Gasteiger charge is -2.13. The van der Waals surface area contributed by atoms with Crippen molar-refractivity contribution < 1.29 is 27.4 Å². The monoisotopic (exact) mass is 291 g/mol. The van der Waals surface area contributed by atoms with E-state index in [4.69, 9.17) is 10.00 Å². The number of benzene rings is 1. The van der Waals surface area contributed by atoms with Gasteiger partial charge in [-0.1, -0.05) is 0 Å². The van der Waals surface area contributed by atoms with Crippen molar-refractivity contribution in [3.8, 4) is 11.8 Å². The topological polar surface area (TPSA) is 59.3 Å². The minimum Gasteiger partial charge on any atom is -0.496 e. The molecule has 0 fully saturated rings. The lowest BCUT2D eigenvalue weighted by molar-refractivity contribution is -0.0328. The van der Waals surface area contributed by atoms with E-state index in [1.54, 1.807) is 6.07 Å². The maximum absolute atomic E-state index is 12.4. The van der Waals surface area contributed by atoms with Gasteiger partial charge < -0.3 is 9.47 Å². The second-order valence-corrected chi connectivity index (χ2v) is 4.31. The fraction of sp³-hybridized carbons (Fsp3) is 0.273. The molecule has 0 aliphatic carbocycles. The standard InChI is InChI=1S/C11H8F3NO3S/c1-17-7-3-6(5-15)4-8(19-11(12,13)14)9(7)10(16)18-2/h3-4H,1-2H3. The first-order chi connectivity index (χ1) is 8.82. The van der Waals surface area contributed by atoms with Crippen LogP contribution in [0, 0.1) is 11.3 Å². The number of ether oxygens (including phenoxy) is 2. The Balaban J connectivity index is 3.47. The van der Waals surface area contributed by atoms with Gasteiger partial charge in [0, 0.05) is 4.90 Å². The fourth-order valence-corrected chi connectivity index (χ4v) is 2.05. The molecule has 0 heterocycles. The fourth-order valence-electron chi connectivity index (χ4n) is 1.32. The highest BCUT2D eigenvalue weighted by Crippen LogP contribution is 2.41. The number of thioether (sulfide) groups is 1. The minimum atomic E-state index is -4.60. The molecular formula is C11H8F3NO3S. The number of carbonyl (C=O) groups excluding carboxylic acids is 1. The summed E-state index contributed by atoms with van der Waals surface area (Å²) in [6.07, 6.45) is 0. The van der Waals surface area contributed by atoms with Crippen LogP contribution in [0.4, 0.5) is 13.2 Å². The first-order valence-corrected chi connectivity index (χ1v) is 5.60. The molecule has 0 saturated carbocycles. The van der Waals surface area contributed by atoms with Crippen LogP contribution in [0.3, 0.4) is 0 Å². The Labute approximate surface area is 111 Å². The highest BCUT2D eigenvalue weighted by Gasteiger charge is 2.33. The largest absolute Gasteiger partial charge is 0.496 e.